The summed E-state index contributed by atoms with van der Waals surface area (Å²) in [6.45, 7) is 8.24. The van der Waals surface area contributed by atoms with E-state index < -0.39 is 19.1 Å². The van der Waals surface area contributed by atoms with Crippen molar-refractivity contribution in [1.82, 2.24) is 0 Å². The van der Waals surface area contributed by atoms with Crippen LogP contribution in [0.3, 0.4) is 0 Å². The number of hydrogen-bond acceptors (Lipinski definition) is 4. The second-order valence-corrected chi connectivity index (χ2v) is 10.9. The van der Waals surface area contributed by atoms with Crippen molar-refractivity contribution in [2.45, 2.75) is 37.7 Å². The van der Waals surface area contributed by atoms with Crippen molar-refractivity contribution in [3.63, 3.8) is 0 Å². The average molecular weight is 253 g/mol. The van der Waals surface area contributed by atoms with Gasteiger partial charge in [-0.25, -0.2) is 4.79 Å². The highest BCUT2D eigenvalue weighted by molar-refractivity contribution is 6.76. The van der Waals surface area contributed by atoms with Crippen LogP contribution in [-0.2, 0) is 19.1 Å². The molecule has 0 N–H and O–H groups in total. The molecule has 0 aromatic heterocycles. The predicted octanol–water partition coefficient (Wildman–Crippen LogP) is 2.00. The van der Waals surface area contributed by atoms with Crippen molar-refractivity contribution in [1.29, 1.82) is 0 Å². The number of carbonyl (C=O) groups excluding carboxylic acids is 2. The Bertz CT molecular complexity index is 235. The zero-order valence-corrected chi connectivity index (χ0v) is 11.3. The van der Waals surface area contributed by atoms with Crippen molar-refractivity contribution >= 4 is 32.1 Å². The van der Waals surface area contributed by atoms with Crippen molar-refractivity contribution in [3.8, 4) is 0 Å². The molecule has 4 nitrogen and oxygen atoms in total. The Hall–Kier alpha value is -0.553. The van der Waals surface area contributed by atoms with Gasteiger partial charge in [-0.05, 0) is 6.04 Å². The first kappa shape index (κ1) is 14.4. The van der Waals surface area contributed by atoms with Gasteiger partial charge < -0.3 is 9.47 Å². The summed E-state index contributed by atoms with van der Waals surface area (Å²) in [5.74, 6) is -0.727. The summed E-state index contributed by atoms with van der Waals surface area (Å²) in [4.78, 5) is 21.4. The molecule has 0 aliphatic rings. The van der Waals surface area contributed by atoms with E-state index in [2.05, 4.69) is 24.4 Å². The quantitative estimate of drug-likeness (QED) is 0.314. The minimum atomic E-state index is -1.71. The zero-order chi connectivity index (χ0) is 12.1. The topological polar surface area (TPSA) is 52.6 Å². The molecule has 0 saturated heterocycles. The van der Waals surface area contributed by atoms with Crippen LogP contribution < -0.4 is 0 Å². The van der Waals surface area contributed by atoms with E-state index in [1.54, 1.807) is 0 Å². The lowest BCUT2D eigenvalue weighted by Gasteiger charge is -2.20. The molecule has 0 saturated carbocycles. The Morgan fingerprint density at radius 3 is 2.40 bits per heavy atom. The fraction of sp³-hybridized carbons (Fsp3) is 0.778. The monoisotopic (exact) mass is 252 g/mol. The molecule has 0 fully saturated rings. The summed E-state index contributed by atoms with van der Waals surface area (Å²) in [6.07, 6.45) is 0. The summed E-state index contributed by atoms with van der Waals surface area (Å²) < 4.78 is 9.31. The van der Waals surface area contributed by atoms with Crippen LogP contribution in [0.2, 0.25) is 25.7 Å². The van der Waals surface area contributed by atoms with Gasteiger partial charge in [0.05, 0.1) is 6.61 Å². The number of rotatable bonds is 6. The molecule has 1 unspecified atom stereocenters. The molecule has 0 rings (SSSR count). The highest BCUT2D eigenvalue weighted by Gasteiger charge is 2.34. The zero-order valence-electron chi connectivity index (χ0n) is 9.50. The largest absolute Gasteiger partial charge is 0.462 e. The fourth-order valence-electron chi connectivity index (χ4n) is 0.717. The van der Waals surface area contributed by atoms with E-state index in [1.165, 1.54) is 6.92 Å². The third-order valence-corrected chi connectivity index (χ3v) is 3.67. The van der Waals surface area contributed by atoms with Crippen molar-refractivity contribution < 1.29 is 19.1 Å². The molecule has 1 atom stereocenters. The highest BCUT2D eigenvalue weighted by Crippen LogP contribution is 2.18. The Balaban J connectivity index is 3.99. The molecule has 0 amide bonds. The number of esters is 1. The summed E-state index contributed by atoms with van der Waals surface area (Å²) in [5, 5.41) is -1.71. The number of hydrogen-bond donors (Lipinski definition) is 0. The lowest BCUT2D eigenvalue weighted by Crippen LogP contribution is -2.35. The first-order chi connectivity index (χ1) is 6.69. The molecule has 0 aliphatic carbocycles. The molecule has 0 radical (unpaired) electrons. The molecule has 0 aliphatic heterocycles. The van der Waals surface area contributed by atoms with E-state index in [0.717, 1.165) is 6.04 Å². The minimum Gasteiger partial charge on any atom is -0.462 e. The van der Waals surface area contributed by atoms with E-state index in [0.29, 0.717) is 6.61 Å². The number of carbonyl (C=O) groups is 2. The Labute approximate surface area is 95.9 Å². The van der Waals surface area contributed by atoms with E-state index >= 15 is 0 Å². The Kier molecular flexibility index (Phi) is 5.31. The normalized spacial score (nSPS) is 15.3. The molecule has 88 valence electrons. The lowest BCUT2D eigenvalue weighted by molar-refractivity contribution is -0.164. The molecular weight excluding hydrogens is 236 g/mol. The van der Waals surface area contributed by atoms with Gasteiger partial charge in [-0.2, -0.15) is 0 Å². The molecule has 0 aromatic carbocycles. The van der Waals surface area contributed by atoms with E-state index in [-0.39, 0.29) is 6.47 Å². The maximum Gasteiger partial charge on any atom is 0.366 e. The Morgan fingerprint density at radius 2 is 2.00 bits per heavy atom. The van der Waals surface area contributed by atoms with Crippen molar-refractivity contribution in [2.24, 2.45) is 0 Å². The molecular formula is C9H17ClO4Si. The summed E-state index contributed by atoms with van der Waals surface area (Å²) >= 11 is 5.62. The summed E-state index contributed by atoms with van der Waals surface area (Å²) in [5.41, 5.74) is 0. The number of ether oxygens (including phenoxy) is 2. The molecule has 6 heteroatoms. The second-order valence-electron chi connectivity index (χ2n) is 4.58. The van der Waals surface area contributed by atoms with Crippen LogP contribution in [-0.4, -0.2) is 32.2 Å². The average Bonchev–Trinajstić information content (AvgIpc) is 2.01. The lowest BCUT2D eigenvalue weighted by atomic mass is 10.4. The second kappa shape index (κ2) is 5.51. The summed E-state index contributed by atoms with van der Waals surface area (Å²) in [6, 6.07) is 0.854. The van der Waals surface area contributed by atoms with Gasteiger partial charge in [0.15, 0.2) is 0 Å². The van der Waals surface area contributed by atoms with Crippen LogP contribution in [0, 0.1) is 0 Å². The van der Waals surface area contributed by atoms with Gasteiger partial charge in [-0.3, -0.25) is 4.79 Å². The van der Waals surface area contributed by atoms with Crippen molar-refractivity contribution in [2.75, 3.05) is 6.61 Å². The van der Waals surface area contributed by atoms with Crippen LogP contribution in [0.25, 0.3) is 0 Å². The maximum atomic E-state index is 11.3. The standard InChI is InChI=1S/C9H17ClO4Si/c1-9(10,14-7-11)8(12)13-5-6-15(2,3)4/h7H,5-6H2,1-4H3. The third-order valence-electron chi connectivity index (χ3n) is 1.72. The SMILES string of the molecule is CC(Cl)(OC=O)C(=O)OCC[Si](C)(C)C. The molecule has 0 bridgehead atoms. The van der Waals surface area contributed by atoms with Gasteiger partial charge in [0.2, 0.25) is 0 Å². The van der Waals surface area contributed by atoms with Crippen LogP contribution in [0.4, 0.5) is 0 Å². The summed E-state index contributed by atoms with van der Waals surface area (Å²) in [7, 11) is -1.23. The van der Waals surface area contributed by atoms with E-state index in [1.807, 2.05) is 0 Å². The van der Waals surface area contributed by atoms with E-state index in [9.17, 15) is 9.59 Å². The fourth-order valence-corrected chi connectivity index (χ4v) is 1.52. The van der Waals surface area contributed by atoms with Gasteiger partial charge in [-0.15, -0.1) is 0 Å². The first-order valence-corrected chi connectivity index (χ1v) is 8.75. The third kappa shape index (κ3) is 6.51. The Morgan fingerprint density at radius 1 is 1.47 bits per heavy atom. The molecule has 0 spiro atoms. The van der Waals surface area contributed by atoms with Crippen LogP contribution >= 0.6 is 11.6 Å². The van der Waals surface area contributed by atoms with Crippen LogP contribution in [0.15, 0.2) is 0 Å². The van der Waals surface area contributed by atoms with Gasteiger partial charge >= 0.3 is 5.97 Å². The minimum absolute atomic E-state index is 0.132. The molecule has 0 heterocycles. The van der Waals surface area contributed by atoms with Gasteiger partial charge in [0.25, 0.3) is 11.5 Å². The highest BCUT2D eigenvalue weighted by atomic mass is 35.5. The number of halogens is 1. The van der Waals surface area contributed by atoms with Gasteiger partial charge in [0, 0.05) is 15.0 Å². The van der Waals surface area contributed by atoms with Gasteiger partial charge in [0.1, 0.15) is 0 Å². The smallest absolute Gasteiger partial charge is 0.366 e. The van der Waals surface area contributed by atoms with E-state index in [4.69, 9.17) is 16.3 Å². The number of alkyl halides is 1. The van der Waals surface area contributed by atoms with Gasteiger partial charge in [-0.1, -0.05) is 31.2 Å². The maximum absolute atomic E-state index is 11.3. The van der Waals surface area contributed by atoms with Crippen molar-refractivity contribution in [3.05, 3.63) is 0 Å². The van der Waals surface area contributed by atoms with Crippen LogP contribution in [0.1, 0.15) is 6.92 Å². The molecule has 0 aromatic rings. The van der Waals surface area contributed by atoms with Crippen LogP contribution in [0.5, 0.6) is 0 Å². The predicted molar refractivity (Wildman–Crippen MR) is 60.5 cm³/mol. The molecule has 15 heavy (non-hydrogen) atoms. The first-order valence-electron chi connectivity index (χ1n) is 4.66.